The second-order valence-electron chi connectivity index (χ2n) is 3.24. The van der Waals surface area contributed by atoms with E-state index in [0.29, 0.717) is 24.2 Å². The van der Waals surface area contributed by atoms with E-state index >= 15 is 0 Å². The number of benzene rings is 1. The predicted molar refractivity (Wildman–Crippen MR) is 56.9 cm³/mol. The Kier molecular flexibility index (Phi) is 3.87. The maximum absolute atomic E-state index is 11.3. The number of hydrogen-bond donors (Lipinski definition) is 0. The molecule has 0 aliphatic heterocycles. The third-order valence-electron chi connectivity index (χ3n) is 2.20. The molecule has 0 aromatic heterocycles. The number of methoxy groups -OCH3 is 1. The van der Waals surface area contributed by atoms with Gasteiger partial charge in [-0.25, -0.2) is 0 Å². The molecule has 3 nitrogen and oxygen atoms in total. The van der Waals surface area contributed by atoms with E-state index in [1.807, 2.05) is 6.07 Å². The molecule has 0 spiro atoms. The SMILES string of the molecule is COc1ccc(C(C)=O)c(CCC#N)c1. The molecular formula is C12H13NO2. The number of Topliss-reactive ketones (excluding diaryl/α,β-unsaturated/α-hetero) is 1. The first-order valence-corrected chi connectivity index (χ1v) is 4.74. The minimum absolute atomic E-state index is 0.0191. The Balaban J connectivity index is 3.06. The largest absolute Gasteiger partial charge is 0.497 e. The van der Waals surface area contributed by atoms with Crippen LogP contribution in [0.15, 0.2) is 18.2 Å². The van der Waals surface area contributed by atoms with Crippen molar-refractivity contribution in [2.45, 2.75) is 19.8 Å². The molecule has 15 heavy (non-hydrogen) atoms. The quantitative estimate of drug-likeness (QED) is 0.706. The van der Waals surface area contributed by atoms with Crippen LogP contribution in [0.2, 0.25) is 0 Å². The molecule has 0 fully saturated rings. The molecule has 0 aliphatic rings. The summed E-state index contributed by atoms with van der Waals surface area (Å²) in [4.78, 5) is 11.3. The van der Waals surface area contributed by atoms with Gasteiger partial charge in [0.2, 0.25) is 0 Å². The van der Waals surface area contributed by atoms with E-state index in [1.54, 1.807) is 19.2 Å². The molecule has 0 N–H and O–H groups in total. The van der Waals surface area contributed by atoms with E-state index in [-0.39, 0.29) is 5.78 Å². The Morgan fingerprint density at radius 2 is 2.27 bits per heavy atom. The van der Waals surface area contributed by atoms with Gasteiger partial charge in [0, 0.05) is 12.0 Å². The summed E-state index contributed by atoms with van der Waals surface area (Å²) >= 11 is 0. The van der Waals surface area contributed by atoms with E-state index in [2.05, 4.69) is 6.07 Å². The van der Waals surface area contributed by atoms with Crippen LogP contribution < -0.4 is 4.74 Å². The Labute approximate surface area is 89.3 Å². The lowest BCUT2D eigenvalue weighted by Crippen LogP contribution is -2.00. The molecule has 78 valence electrons. The van der Waals surface area contributed by atoms with Gasteiger partial charge in [-0.05, 0) is 37.1 Å². The molecule has 0 amide bonds. The van der Waals surface area contributed by atoms with Crippen LogP contribution in [0.4, 0.5) is 0 Å². The standard InChI is InChI=1S/C12H13NO2/c1-9(14)12-6-5-11(15-2)8-10(12)4-3-7-13/h5-6,8H,3-4H2,1-2H3. The number of carbonyl (C=O) groups is 1. The Morgan fingerprint density at radius 3 is 2.80 bits per heavy atom. The number of carbonyl (C=O) groups excluding carboxylic acids is 1. The summed E-state index contributed by atoms with van der Waals surface area (Å²) in [5.41, 5.74) is 1.55. The van der Waals surface area contributed by atoms with Gasteiger partial charge in [-0.1, -0.05) is 0 Å². The van der Waals surface area contributed by atoms with Crippen molar-refractivity contribution in [1.29, 1.82) is 5.26 Å². The summed E-state index contributed by atoms with van der Waals surface area (Å²) in [5, 5.41) is 8.52. The van der Waals surface area contributed by atoms with E-state index in [9.17, 15) is 4.79 Å². The normalized spacial score (nSPS) is 9.40. The molecule has 1 aromatic rings. The molecule has 1 rings (SSSR count). The second kappa shape index (κ2) is 5.16. The lowest BCUT2D eigenvalue weighted by Gasteiger charge is -2.07. The summed E-state index contributed by atoms with van der Waals surface area (Å²) in [7, 11) is 1.58. The van der Waals surface area contributed by atoms with Gasteiger partial charge >= 0.3 is 0 Å². The van der Waals surface area contributed by atoms with Crippen molar-refractivity contribution < 1.29 is 9.53 Å². The minimum atomic E-state index is 0.0191. The summed E-state index contributed by atoms with van der Waals surface area (Å²) in [6, 6.07) is 7.38. The third kappa shape index (κ3) is 2.81. The molecule has 0 bridgehead atoms. The van der Waals surface area contributed by atoms with Crippen molar-refractivity contribution in [3.8, 4) is 11.8 Å². The molecule has 3 heteroatoms. The van der Waals surface area contributed by atoms with Gasteiger partial charge in [-0.15, -0.1) is 0 Å². The number of nitriles is 1. The van der Waals surface area contributed by atoms with Gasteiger partial charge < -0.3 is 4.74 Å². The topological polar surface area (TPSA) is 50.1 Å². The van der Waals surface area contributed by atoms with Gasteiger partial charge in [-0.2, -0.15) is 5.26 Å². The number of hydrogen-bond acceptors (Lipinski definition) is 3. The fourth-order valence-electron chi connectivity index (χ4n) is 1.44. The monoisotopic (exact) mass is 203 g/mol. The molecule has 0 radical (unpaired) electrons. The maximum atomic E-state index is 11.3. The highest BCUT2D eigenvalue weighted by molar-refractivity contribution is 5.95. The summed E-state index contributed by atoms with van der Waals surface area (Å²) in [6.07, 6.45) is 0.996. The van der Waals surface area contributed by atoms with Crippen LogP contribution in [0, 0.1) is 11.3 Å². The highest BCUT2D eigenvalue weighted by atomic mass is 16.5. The number of ether oxygens (including phenoxy) is 1. The zero-order valence-electron chi connectivity index (χ0n) is 8.91. The molecule has 1 aromatic carbocycles. The molecule has 0 saturated heterocycles. The number of rotatable bonds is 4. The summed E-state index contributed by atoms with van der Waals surface area (Å²) in [5.74, 6) is 0.735. The molecule has 0 heterocycles. The Morgan fingerprint density at radius 1 is 1.53 bits per heavy atom. The van der Waals surface area contributed by atoms with Crippen LogP contribution in [0.1, 0.15) is 29.3 Å². The van der Waals surface area contributed by atoms with Crippen LogP contribution >= 0.6 is 0 Å². The second-order valence-corrected chi connectivity index (χ2v) is 3.24. The maximum Gasteiger partial charge on any atom is 0.160 e. The molecular weight excluding hydrogens is 190 g/mol. The zero-order chi connectivity index (χ0) is 11.3. The minimum Gasteiger partial charge on any atom is -0.497 e. The van der Waals surface area contributed by atoms with Crippen molar-refractivity contribution in [2.24, 2.45) is 0 Å². The number of aryl methyl sites for hydroxylation is 1. The van der Waals surface area contributed by atoms with Crippen molar-refractivity contribution >= 4 is 5.78 Å². The number of ketones is 1. The Hall–Kier alpha value is -1.82. The highest BCUT2D eigenvalue weighted by Gasteiger charge is 2.08. The lowest BCUT2D eigenvalue weighted by atomic mass is 10.00. The number of nitrogens with zero attached hydrogens (tertiary/aromatic N) is 1. The van der Waals surface area contributed by atoms with Crippen molar-refractivity contribution in [3.63, 3.8) is 0 Å². The van der Waals surface area contributed by atoms with Crippen molar-refractivity contribution in [3.05, 3.63) is 29.3 Å². The van der Waals surface area contributed by atoms with Crippen molar-refractivity contribution in [2.75, 3.05) is 7.11 Å². The zero-order valence-corrected chi connectivity index (χ0v) is 8.91. The first kappa shape index (κ1) is 11.3. The molecule has 0 atom stereocenters. The van der Waals surface area contributed by atoms with Gasteiger partial charge in [0.15, 0.2) is 5.78 Å². The van der Waals surface area contributed by atoms with Gasteiger partial charge in [-0.3, -0.25) is 4.79 Å². The third-order valence-corrected chi connectivity index (χ3v) is 2.20. The fourth-order valence-corrected chi connectivity index (χ4v) is 1.44. The lowest BCUT2D eigenvalue weighted by molar-refractivity contribution is 0.101. The fraction of sp³-hybridized carbons (Fsp3) is 0.333. The molecule has 0 saturated carbocycles. The first-order chi connectivity index (χ1) is 7.19. The van der Waals surface area contributed by atoms with Gasteiger partial charge in [0.05, 0.1) is 13.2 Å². The van der Waals surface area contributed by atoms with Crippen LogP contribution in [0.5, 0.6) is 5.75 Å². The van der Waals surface area contributed by atoms with Gasteiger partial charge in [0.25, 0.3) is 0 Å². The average molecular weight is 203 g/mol. The first-order valence-electron chi connectivity index (χ1n) is 4.74. The smallest absolute Gasteiger partial charge is 0.160 e. The van der Waals surface area contributed by atoms with Crippen LogP contribution in [0.3, 0.4) is 0 Å². The molecule has 0 aliphatic carbocycles. The van der Waals surface area contributed by atoms with Crippen LogP contribution in [-0.4, -0.2) is 12.9 Å². The van der Waals surface area contributed by atoms with Crippen LogP contribution in [-0.2, 0) is 6.42 Å². The molecule has 0 unspecified atom stereocenters. The van der Waals surface area contributed by atoms with E-state index < -0.39 is 0 Å². The van der Waals surface area contributed by atoms with Crippen LogP contribution in [0.25, 0.3) is 0 Å². The van der Waals surface area contributed by atoms with E-state index in [1.165, 1.54) is 6.92 Å². The van der Waals surface area contributed by atoms with E-state index in [4.69, 9.17) is 10.00 Å². The van der Waals surface area contributed by atoms with Gasteiger partial charge in [0.1, 0.15) is 5.75 Å². The van der Waals surface area contributed by atoms with E-state index in [0.717, 1.165) is 5.56 Å². The Bertz CT molecular complexity index is 405. The highest BCUT2D eigenvalue weighted by Crippen LogP contribution is 2.19. The van der Waals surface area contributed by atoms with Crippen molar-refractivity contribution in [1.82, 2.24) is 0 Å². The summed E-state index contributed by atoms with van der Waals surface area (Å²) in [6.45, 7) is 1.53. The average Bonchev–Trinajstić information content (AvgIpc) is 2.25. The summed E-state index contributed by atoms with van der Waals surface area (Å²) < 4.78 is 5.08. The predicted octanol–water partition coefficient (Wildman–Crippen LogP) is 2.35.